The Balaban J connectivity index is 2.40. The zero-order valence-corrected chi connectivity index (χ0v) is 10.0. The minimum atomic E-state index is 0.897. The van der Waals surface area contributed by atoms with Gasteiger partial charge >= 0.3 is 0 Å². The molecule has 0 saturated carbocycles. The SMILES string of the molecule is CN(C)C(=S)SSc1ccccc1. The molecule has 1 aromatic carbocycles. The minimum Gasteiger partial charge on any atom is -0.363 e. The Labute approximate surface area is 92.3 Å². The van der Waals surface area contributed by atoms with Gasteiger partial charge in [-0.3, -0.25) is 0 Å². The van der Waals surface area contributed by atoms with Gasteiger partial charge in [0.2, 0.25) is 0 Å². The van der Waals surface area contributed by atoms with Gasteiger partial charge < -0.3 is 4.90 Å². The average Bonchev–Trinajstić information content (AvgIpc) is 2.15. The second-order valence-corrected chi connectivity index (χ2v) is 5.48. The Morgan fingerprint density at radius 3 is 2.38 bits per heavy atom. The van der Waals surface area contributed by atoms with Gasteiger partial charge in [-0.2, -0.15) is 0 Å². The summed E-state index contributed by atoms with van der Waals surface area (Å²) in [6, 6.07) is 10.2. The van der Waals surface area contributed by atoms with E-state index in [2.05, 4.69) is 12.1 Å². The summed E-state index contributed by atoms with van der Waals surface area (Å²) in [5.41, 5.74) is 0. The van der Waals surface area contributed by atoms with E-state index in [4.69, 9.17) is 12.2 Å². The van der Waals surface area contributed by atoms with Gasteiger partial charge in [-0.25, -0.2) is 0 Å². The van der Waals surface area contributed by atoms with Gasteiger partial charge in [0.1, 0.15) is 4.32 Å². The van der Waals surface area contributed by atoms with Crippen LogP contribution in [0.5, 0.6) is 0 Å². The van der Waals surface area contributed by atoms with Crippen molar-refractivity contribution in [3.8, 4) is 0 Å². The molecular weight excluding hydrogens is 218 g/mol. The van der Waals surface area contributed by atoms with E-state index >= 15 is 0 Å². The molecule has 1 nitrogen and oxygen atoms in total. The highest BCUT2D eigenvalue weighted by atomic mass is 33.1. The lowest BCUT2D eigenvalue weighted by molar-refractivity contribution is 0.648. The summed E-state index contributed by atoms with van der Waals surface area (Å²) in [6.07, 6.45) is 0. The highest BCUT2D eigenvalue weighted by Crippen LogP contribution is 2.32. The van der Waals surface area contributed by atoms with Crippen LogP contribution in [0.2, 0.25) is 0 Å². The number of hydrogen-bond donors (Lipinski definition) is 0. The molecule has 0 aliphatic heterocycles. The Bertz CT molecular complexity index is 271. The van der Waals surface area contributed by atoms with Crippen molar-refractivity contribution in [2.75, 3.05) is 14.1 Å². The van der Waals surface area contributed by atoms with E-state index in [9.17, 15) is 0 Å². The molecule has 0 atom stereocenters. The number of thiocarbonyl (C=S) groups is 1. The van der Waals surface area contributed by atoms with Crippen molar-refractivity contribution in [3.63, 3.8) is 0 Å². The molecule has 0 spiro atoms. The second kappa shape index (κ2) is 5.52. The van der Waals surface area contributed by atoms with E-state index in [1.165, 1.54) is 4.90 Å². The number of nitrogens with zero attached hydrogens (tertiary/aromatic N) is 1. The lowest BCUT2D eigenvalue weighted by atomic mass is 10.4. The van der Waals surface area contributed by atoms with Crippen LogP contribution in [0.1, 0.15) is 0 Å². The van der Waals surface area contributed by atoms with Crippen LogP contribution in [0.3, 0.4) is 0 Å². The van der Waals surface area contributed by atoms with E-state index in [1.54, 1.807) is 21.6 Å². The third-order valence-corrected chi connectivity index (χ3v) is 4.61. The molecule has 0 heterocycles. The molecule has 0 radical (unpaired) electrons. The lowest BCUT2D eigenvalue weighted by Crippen LogP contribution is -2.14. The maximum Gasteiger partial charge on any atom is 0.146 e. The van der Waals surface area contributed by atoms with Crippen LogP contribution in [0.15, 0.2) is 35.2 Å². The molecule has 1 aromatic rings. The van der Waals surface area contributed by atoms with Gasteiger partial charge in [0.15, 0.2) is 0 Å². The lowest BCUT2D eigenvalue weighted by Gasteiger charge is -2.11. The maximum absolute atomic E-state index is 5.15. The van der Waals surface area contributed by atoms with Crippen LogP contribution in [-0.2, 0) is 0 Å². The van der Waals surface area contributed by atoms with Gasteiger partial charge in [0.25, 0.3) is 0 Å². The summed E-state index contributed by atoms with van der Waals surface area (Å²) in [5, 5.41) is 0. The van der Waals surface area contributed by atoms with Crippen LogP contribution >= 0.6 is 33.8 Å². The molecule has 0 unspecified atom stereocenters. The Morgan fingerprint density at radius 2 is 1.85 bits per heavy atom. The average molecular weight is 229 g/mol. The van der Waals surface area contributed by atoms with E-state index in [0.717, 1.165) is 4.32 Å². The molecule has 4 heteroatoms. The largest absolute Gasteiger partial charge is 0.363 e. The normalized spacial score (nSPS) is 9.69. The Hall–Kier alpha value is -0.190. The molecule has 1 rings (SSSR count). The standard InChI is InChI=1S/C9H11NS3/c1-10(2)9(11)13-12-8-6-4-3-5-7-8/h3-7H,1-2H3. The van der Waals surface area contributed by atoms with Crippen molar-refractivity contribution in [2.24, 2.45) is 0 Å². The van der Waals surface area contributed by atoms with Gasteiger partial charge in [0, 0.05) is 19.0 Å². The fourth-order valence-corrected chi connectivity index (χ4v) is 2.81. The zero-order chi connectivity index (χ0) is 9.68. The van der Waals surface area contributed by atoms with Crippen LogP contribution in [0.25, 0.3) is 0 Å². The summed E-state index contributed by atoms with van der Waals surface area (Å²) in [5.74, 6) is 0. The predicted octanol–water partition coefficient (Wildman–Crippen LogP) is 3.27. The summed E-state index contributed by atoms with van der Waals surface area (Å²) in [4.78, 5) is 3.17. The number of rotatable bonds is 2. The molecule has 0 amide bonds. The first-order valence-corrected chi connectivity index (χ1v) is 6.37. The van der Waals surface area contributed by atoms with Gasteiger partial charge in [-0.15, -0.1) is 0 Å². The molecule has 0 aliphatic rings. The molecule has 0 aromatic heterocycles. The first kappa shape index (κ1) is 10.9. The van der Waals surface area contributed by atoms with Gasteiger partial charge in [0.05, 0.1) is 0 Å². The van der Waals surface area contributed by atoms with Crippen LogP contribution in [0.4, 0.5) is 0 Å². The van der Waals surface area contributed by atoms with Crippen molar-refractivity contribution in [3.05, 3.63) is 30.3 Å². The quantitative estimate of drug-likeness (QED) is 0.565. The zero-order valence-electron chi connectivity index (χ0n) is 7.56. The molecule has 13 heavy (non-hydrogen) atoms. The van der Waals surface area contributed by atoms with Crippen molar-refractivity contribution in [1.82, 2.24) is 4.90 Å². The van der Waals surface area contributed by atoms with E-state index in [1.807, 2.05) is 37.2 Å². The highest BCUT2D eigenvalue weighted by molar-refractivity contribution is 8.83. The van der Waals surface area contributed by atoms with Crippen molar-refractivity contribution in [1.29, 1.82) is 0 Å². The Morgan fingerprint density at radius 1 is 1.23 bits per heavy atom. The van der Waals surface area contributed by atoms with Crippen molar-refractivity contribution < 1.29 is 0 Å². The minimum absolute atomic E-state index is 0.897. The third-order valence-electron chi connectivity index (χ3n) is 1.32. The van der Waals surface area contributed by atoms with Gasteiger partial charge in [-0.05, 0) is 22.9 Å². The van der Waals surface area contributed by atoms with Crippen LogP contribution < -0.4 is 0 Å². The van der Waals surface area contributed by atoms with Crippen molar-refractivity contribution >= 4 is 38.1 Å². The summed E-state index contributed by atoms with van der Waals surface area (Å²) in [6.45, 7) is 0. The van der Waals surface area contributed by atoms with Crippen molar-refractivity contribution in [2.45, 2.75) is 4.90 Å². The summed E-state index contributed by atoms with van der Waals surface area (Å²) >= 11 is 5.15. The maximum atomic E-state index is 5.15. The first-order chi connectivity index (χ1) is 6.20. The van der Waals surface area contributed by atoms with E-state index in [0.29, 0.717) is 0 Å². The van der Waals surface area contributed by atoms with E-state index in [-0.39, 0.29) is 0 Å². The Kier molecular flexibility index (Phi) is 4.62. The smallest absolute Gasteiger partial charge is 0.146 e. The first-order valence-electron chi connectivity index (χ1n) is 3.81. The van der Waals surface area contributed by atoms with E-state index < -0.39 is 0 Å². The highest BCUT2D eigenvalue weighted by Gasteiger charge is 2.00. The monoisotopic (exact) mass is 229 g/mol. The fourth-order valence-electron chi connectivity index (χ4n) is 0.634. The summed E-state index contributed by atoms with van der Waals surface area (Å²) in [7, 11) is 7.22. The molecular formula is C9H11NS3. The molecule has 0 aliphatic carbocycles. The van der Waals surface area contributed by atoms with Crippen LogP contribution in [0, 0.1) is 0 Å². The molecule has 0 fully saturated rings. The molecule has 70 valence electrons. The number of benzene rings is 1. The fraction of sp³-hybridized carbons (Fsp3) is 0.222. The number of hydrogen-bond acceptors (Lipinski definition) is 3. The predicted molar refractivity (Wildman–Crippen MR) is 66.2 cm³/mol. The van der Waals surface area contributed by atoms with Gasteiger partial charge in [-0.1, -0.05) is 41.2 Å². The third kappa shape index (κ3) is 4.02. The molecule has 0 bridgehead atoms. The second-order valence-electron chi connectivity index (χ2n) is 2.64. The van der Waals surface area contributed by atoms with Crippen LogP contribution in [-0.4, -0.2) is 23.3 Å². The summed E-state index contributed by atoms with van der Waals surface area (Å²) < 4.78 is 0.897. The molecule has 0 saturated heterocycles. The topological polar surface area (TPSA) is 3.24 Å². The molecule has 0 N–H and O–H groups in total.